The van der Waals surface area contributed by atoms with Crippen molar-refractivity contribution in [3.8, 4) is 0 Å². The summed E-state index contributed by atoms with van der Waals surface area (Å²) in [5.74, 6) is 1.46. The van der Waals surface area contributed by atoms with Gasteiger partial charge in [0.05, 0.1) is 26.4 Å². The quantitative estimate of drug-likeness (QED) is 0.473. The van der Waals surface area contributed by atoms with Crippen molar-refractivity contribution < 1.29 is 9.47 Å². The van der Waals surface area contributed by atoms with Crippen molar-refractivity contribution in [1.29, 1.82) is 0 Å². The predicted molar refractivity (Wildman–Crippen MR) is 131 cm³/mol. The van der Waals surface area contributed by atoms with E-state index in [2.05, 4.69) is 70.5 Å². The molecule has 0 atom stereocenters. The molecule has 0 unspecified atom stereocenters. The minimum absolute atomic E-state index is 0.705. The number of hydrogen-bond donors (Lipinski definition) is 0. The van der Waals surface area contributed by atoms with Crippen LogP contribution in [0.3, 0.4) is 0 Å². The molecule has 0 bridgehead atoms. The first-order valence-electron chi connectivity index (χ1n) is 12.6. The number of likely N-dealkylation sites (tertiary alicyclic amines) is 2. The van der Waals surface area contributed by atoms with Crippen LogP contribution in [0.1, 0.15) is 48.6 Å². The summed E-state index contributed by atoms with van der Waals surface area (Å²) in [4.78, 5) is 5.08. The maximum absolute atomic E-state index is 5.82. The van der Waals surface area contributed by atoms with Crippen LogP contribution in [-0.4, -0.2) is 75.5 Å². The summed E-state index contributed by atoms with van der Waals surface area (Å²) in [5.41, 5.74) is 3.00. The second-order valence-electron chi connectivity index (χ2n) is 9.28. The molecule has 174 valence electrons. The Morgan fingerprint density at radius 2 is 0.906 bits per heavy atom. The van der Waals surface area contributed by atoms with Gasteiger partial charge < -0.3 is 19.3 Å². The van der Waals surface area contributed by atoms with Crippen molar-refractivity contribution in [2.75, 3.05) is 65.7 Å². The third-order valence-electron chi connectivity index (χ3n) is 7.19. The highest BCUT2D eigenvalue weighted by Crippen LogP contribution is 2.28. The lowest BCUT2D eigenvalue weighted by molar-refractivity contribution is 0.0271. The zero-order valence-electron chi connectivity index (χ0n) is 19.5. The summed E-state index contributed by atoms with van der Waals surface area (Å²) >= 11 is 0. The summed E-state index contributed by atoms with van der Waals surface area (Å²) in [6.07, 6.45) is 5.04. The van der Waals surface area contributed by atoms with Crippen molar-refractivity contribution in [2.24, 2.45) is 0 Å². The molecule has 2 fully saturated rings. The van der Waals surface area contributed by atoms with Crippen molar-refractivity contribution >= 4 is 0 Å². The van der Waals surface area contributed by atoms with Gasteiger partial charge >= 0.3 is 0 Å². The fourth-order valence-corrected chi connectivity index (χ4v) is 5.14. The van der Waals surface area contributed by atoms with Gasteiger partial charge in [-0.3, -0.25) is 0 Å². The summed E-state index contributed by atoms with van der Waals surface area (Å²) in [6.45, 7) is 9.84. The van der Waals surface area contributed by atoms with E-state index in [1.54, 1.807) is 0 Å². The van der Waals surface area contributed by atoms with Crippen molar-refractivity contribution in [3.63, 3.8) is 0 Å². The molecule has 0 N–H and O–H groups in total. The summed E-state index contributed by atoms with van der Waals surface area (Å²) in [5, 5.41) is 0. The smallest absolute Gasteiger partial charge is 0.0701 e. The average Bonchev–Trinajstić information content (AvgIpc) is 2.87. The molecule has 0 saturated carbocycles. The van der Waals surface area contributed by atoms with Crippen LogP contribution >= 0.6 is 0 Å². The van der Waals surface area contributed by atoms with E-state index in [1.165, 1.54) is 63.0 Å². The summed E-state index contributed by atoms with van der Waals surface area (Å²) in [6, 6.07) is 21.9. The Morgan fingerprint density at radius 3 is 1.28 bits per heavy atom. The van der Waals surface area contributed by atoms with E-state index >= 15 is 0 Å². The zero-order chi connectivity index (χ0) is 21.8. The molecule has 32 heavy (non-hydrogen) atoms. The number of nitrogens with zero attached hydrogens (tertiary/aromatic N) is 2. The molecular weight excluding hydrogens is 396 g/mol. The molecule has 0 spiro atoms. The number of rotatable bonds is 11. The lowest BCUT2D eigenvalue weighted by Crippen LogP contribution is -2.36. The van der Waals surface area contributed by atoms with Crippen molar-refractivity contribution in [1.82, 2.24) is 9.80 Å². The molecule has 4 heteroatoms. The second kappa shape index (κ2) is 13.1. The highest BCUT2D eigenvalue weighted by molar-refractivity contribution is 5.20. The Bertz CT molecular complexity index is 673. The van der Waals surface area contributed by atoms with Crippen LogP contribution < -0.4 is 0 Å². The molecule has 2 aromatic rings. The third-order valence-corrected chi connectivity index (χ3v) is 7.19. The Labute approximate surface area is 194 Å². The van der Waals surface area contributed by atoms with Gasteiger partial charge in [0.25, 0.3) is 0 Å². The third kappa shape index (κ3) is 7.41. The maximum Gasteiger partial charge on any atom is 0.0701 e. The number of piperidine rings is 2. The standard InChI is InChI=1S/C28H40N2O2/c1-3-7-25(8-4-1)27-11-15-29(16-12-27)19-21-31-23-24-32-22-20-30-17-13-28(14-18-30)26-9-5-2-6-10-26/h1-10,27-28H,11-24H2. The minimum Gasteiger partial charge on any atom is -0.378 e. The van der Waals surface area contributed by atoms with E-state index in [4.69, 9.17) is 9.47 Å². The molecule has 2 aromatic carbocycles. The Morgan fingerprint density at radius 1 is 0.531 bits per heavy atom. The first kappa shape index (κ1) is 23.4. The monoisotopic (exact) mass is 436 g/mol. The fourth-order valence-electron chi connectivity index (χ4n) is 5.14. The second-order valence-corrected chi connectivity index (χ2v) is 9.28. The van der Waals surface area contributed by atoms with Gasteiger partial charge in [0, 0.05) is 13.1 Å². The molecular formula is C28H40N2O2. The van der Waals surface area contributed by atoms with Gasteiger partial charge in [0.1, 0.15) is 0 Å². The molecule has 0 amide bonds. The number of benzene rings is 2. The molecule has 4 rings (SSSR count). The number of ether oxygens (including phenoxy) is 2. The van der Waals surface area contributed by atoms with E-state index in [0.717, 1.165) is 38.1 Å². The van der Waals surface area contributed by atoms with E-state index in [0.29, 0.717) is 13.2 Å². The van der Waals surface area contributed by atoms with Gasteiger partial charge in [-0.05, 0) is 74.8 Å². The van der Waals surface area contributed by atoms with Crippen LogP contribution in [0.2, 0.25) is 0 Å². The SMILES string of the molecule is c1ccc(C2CCN(CCOCCOCCN3CCC(c4ccccc4)CC3)CC2)cc1. The van der Waals surface area contributed by atoms with Gasteiger partial charge in [-0.1, -0.05) is 60.7 Å². The van der Waals surface area contributed by atoms with E-state index in [1.807, 2.05) is 0 Å². The Hall–Kier alpha value is -1.72. The van der Waals surface area contributed by atoms with Crippen LogP contribution in [0, 0.1) is 0 Å². The molecule has 2 aliphatic heterocycles. The van der Waals surface area contributed by atoms with Gasteiger partial charge in [-0.2, -0.15) is 0 Å². The molecule has 0 radical (unpaired) electrons. The first-order valence-corrected chi connectivity index (χ1v) is 12.6. The largest absolute Gasteiger partial charge is 0.378 e. The zero-order valence-corrected chi connectivity index (χ0v) is 19.5. The van der Waals surface area contributed by atoms with Gasteiger partial charge in [-0.15, -0.1) is 0 Å². The molecule has 4 nitrogen and oxygen atoms in total. The van der Waals surface area contributed by atoms with Crippen molar-refractivity contribution in [3.05, 3.63) is 71.8 Å². The minimum atomic E-state index is 0.705. The molecule has 0 aromatic heterocycles. The van der Waals surface area contributed by atoms with Crippen LogP contribution in [0.15, 0.2) is 60.7 Å². The normalized spacial score (nSPS) is 19.4. The van der Waals surface area contributed by atoms with E-state index < -0.39 is 0 Å². The van der Waals surface area contributed by atoms with Crippen LogP contribution in [0.4, 0.5) is 0 Å². The highest BCUT2D eigenvalue weighted by Gasteiger charge is 2.21. The van der Waals surface area contributed by atoms with Crippen molar-refractivity contribution in [2.45, 2.75) is 37.5 Å². The topological polar surface area (TPSA) is 24.9 Å². The Kier molecular flexibility index (Phi) is 9.59. The number of hydrogen-bond acceptors (Lipinski definition) is 4. The first-order chi connectivity index (χ1) is 15.9. The average molecular weight is 437 g/mol. The van der Waals surface area contributed by atoms with Gasteiger partial charge in [-0.25, -0.2) is 0 Å². The van der Waals surface area contributed by atoms with Crippen LogP contribution in [0.25, 0.3) is 0 Å². The lowest BCUT2D eigenvalue weighted by atomic mass is 9.89. The lowest BCUT2D eigenvalue weighted by Gasteiger charge is -2.32. The van der Waals surface area contributed by atoms with Gasteiger partial charge in [0.2, 0.25) is 0 Å². The summed E-state index contributed by atoms with van der Waals surface area (Å²) in [7, 11) is 0. The maximum atomic E-state index is 5.82. The summed E-state index contributed by atoms with van der Waals surface area (Å²) < 4.78 is 11.6. The predicted octanol–water partition coefficient (Wildman–Crippen LogP) is 4.78. The van der Waals surface area contributed by atoms with Crippen LogP contribution in [-0.2, 0) is 9.47 Å². The van der Waals surface area contributed by atoms with Crippen LogP contribution in [0.5, 0.6) is 0 Å². The molecule has 0 aliphatic carbocycles. The molecule has 2 heterocycles. The van der Waals surface area contributed by atoms with Gasteiger partial charge in [0.15, 0.2) is 0 Å². The fraction of sp³-hybridized carbons (Fsp3) is 0.571. The molecule has 2 saturated heterocycles. The van der Waals surface area contributed by atoms with E-state index in [-0.39, 0.29) is 0 Å². The van der Waals surface area contributed by atoms with E-state index in [9.17, 15) is 0 Å². The highest BCUT2D eigenvalue weighted by atomic mass is 16.5. The Balaban J connectivity index is 0.972. The molecule has 2 aliphatic rings.